The van der Waals surface area contributed by atoms with Crippen molar-refractivity contribution in [1.29, 1.82) is 5.26 Å². The van der Waals surface area contributed by atoms with Gasteiger partial charge in [0.2, 0.25) is 11.9 Å². The minimum atomic E-state index is -0.235. The highest BCUT2D eigenvalue weighted by molar-refractivity contribution is 5.85. The molecule has 1 aromatic heterocycles. The van der Waals surface area contributed by atoms with Crippen molar-refractivity contribution in [2.24, 2.45) is 0 Å². The molecule has 1 amide bonds. The molecule has 25 heavy (non-hydrogen) atoms. The second kappa shape index (κ2) is 10.4. The van der Waals surface area contributed by atoms with E-state index in [1.807, 2.05) is 6.07 Å². The fourth-order valence-corrected chi connectivity index (χ4v) is 3.27. The Labute approximate surface area is 160 Å². The van der Waals surface area contributed by atoms with E-state index in [1.165, 1.54) is 0 Å². The van der Waals surface area contributed by atoms with E-state index < -0.39 is 0 Å². The lowest BCUT2D eigenvalue weighted by Crippen LogP contribution is -2.47. The van der Waals surface area contributed by atoms with Crippen LogP contribution in [-0.4, -0.2) is 59.0 Å². The number of rotatable bonds is 4. The molecular weight excluding hydrogens is 363 g/mol. The Morgan fingerprint density at radius 1 is 1.20 bits per heavy atom. The van der Waals surface area contributed by atoms with Crippen molar-refractivity contribution >= 4 is 36.7 Å². The Hall–Kier alpha value is -1.62. The van der Waals surface area contributed by atoms with Crippen LogP contribution in [0.25, 0.3) is 0 Å². The predicted octanol–water partition coefficient (Wildman–Crippen LogP) is 1.39. The van der Waals surface area contributed by atoms with Crippen LogP contribution in [-0.2, 0) is 4.79 Å². The second-order valence-electron chi connectivity index (χ2n) is 6.07. The van der Waals surface area contributed by atoms with E-state index >= 15 is 0 Å². The maximum absolute atomic E-state index is 12.2. The largest absolute Gasteiger partial charge is 0.341 e. The summed E-state index contributed by atoms with van der Waals surface area (Å²) in [5, 5.41) is 12.4. The van der Waals surface area contributed by atoms with E-state index in [-0.39, 0.29) is 36.8 Å². The summed E-state index contributed by atoms with van der Waals surface area (Å²) in [6.07, 6.45) is 7.18. The molecule has 1 aromatic rings. The summed E-state index contributed by atoms with van der Waals surface area (Å²) in [7, 11) is 0. The molecule has 2 fully saturated rings. The Balaban J connectivity index is 0.00000156. The molecular formula is C16H24Cl2N6O. The summed E-state index contributed by atoms with van der Waals surface area (Å²) in [4.78, 5) is 24.7. The third kappa shape index (κ3) is 5.43. The van der Waals surface area contributed by atoms with Gasteiger partial charge in [0.15, 0.2) is 0 Å². The Bertz CT molecular complexity index is 574. The molecule has 0 bridgehead atoms. The highest BCUT2D eigenvalue weighted by Crippen LogP contribution is 2.17. The van der Waals surface area contributed by atoms with E-state index in [9.17, 15) is 4.79 Å². The van der Waals surface area contributed by atoms with Crippen LogP contribution in [0, 0.1) is 11.3 Å². The molecule has 9 heteroatoms. The van der Waals surface area contributed by atoms with Gasteiger partial charge in [0.25, 0.3) is 0 Å². The number of aromatic nitrogens is 2. The zero-order chi connectivity index (χ0) is 16.1. The first-order chi connectivity index (χ1) is 11.3. The first kappa shape index (κ1) is 21.4. The summed E-state index contributed by atoms with van der Waals surface area (Å²) < 4.78 is 0. The molecule has 3 heterocycles. The summed E-state index contributed by atoms with van der Waals surface area (Å²) >= 11 is 0. The van der Waals surface area contributed by atoms with Crippen molar-refractivity contribution in [1.82, 2.24) is 20.2 Å². The van der Waals surface area contributed by atoms with Crippen molar-refractivity contribution < 1.29 is 4.79 Å². The lowest BCUT2D eigenvalue weighted by Gasteiger charge is -2.32. The van der Waals surface area contributed by atoms with Crippen molar-refractivity contribution in [2.75, 3.05) is 31.1 Å². The Morgan fingerprint density at radius 3 is 2.52 bits per heavy atom. The van der Waals surface area contributed by atoms with E-state index in [0.717, 1.165) is 44.7 Å². The van der Waals surface area contributed by atoms with Crippen LogP contribution >= 0.6 is 24.8 Å². The first-order valence-corrected chi connectivity index (χ1v) is 8.22. The third-order valence-electron chi connectivity index (χ3n) is 4.59. The Kier molecular flexibility index (Phi) is 8.90. The lowest BCUT2D eigenvalue weighted by molar-refractivity contribution is -0.130. The van der Waals surface area contributed by atoms with E-state index in [2.05, 4.69) is 26.3 Å². The number of nitriles is 1. The molecule has 2 saturated heterocycles. The van der Waals surface area contributed by atoms with Gasteiger partial charge in [0.1, 0.15) is 6.04 Å². The van der Waals surface area contributed by atoms with E-state index in [4.69, 9.17) is 5.26 Å². The number of carbonyl (C=O) groups is 1. The summed E-state index contributed by atoms with van der Waals surface area (Å²) in [6, 6.07) is 4.13. The minimum absolute atomic E-state index is 0. The van der Waals surface area contributed by atoms with Crippen LogP contribution in [0.2, 0.25) is 0 Å². The number of hydrogen-bond donors (Lipinski definition) is 1. The highest BCUT2D eigenvalue weighted by atomic mass is 35.5. The molecule has 2 aliphatic heterocycles. The monoisotopic (exact) mass is 386 g/mol. The van der Waals surface area contributed by atoms with E-state index in [0.29, 0.717) is 19.1 Å². The molecule has 0 saturated carbocycles. The highest BCUT2D eigenvalue weighted by Gasteiger charge is 2.29. The van der Waals surface area contributed by atoms with Gasteiger partial charge >= 0.3 is 0 Å². The molecule has 2 aliphatic rings. The summed E-state index contributed by atoms with van der Waals surface area (Å²) in [6.45, 7) is 2.81. The van der Waals surface area contributed by atoms with Gasteiger partial charge in [-0.25, -0.2) is 9.97 Å². The normalized spacial score (nSPS) is 20.4. The standard InChI is InChI=1S/C16H22N6O.2ClH/c17-11-14-3-1-8-22(14)15(23)12-20-13-4-9-21(10-5-13)16-18-6-2-7-19-16;;/h2,6-7,13-14,20H,1,3-5,8-10,12H2;2*1H/t14-;;/m0../s1. The SMILES string of the molecule is Cl.Cl.N#C[C@@H]1CCCN1C(=O)CNC1CCN(c2ncccn2)CC1. The van der Waals surface area contributed by atoms with Gasteiger partial charge in [-0.05, 0) is 31.7 Å². The number of halogens is 2. The molecule has 0 spiro atoms. The summed E-state index contributed by atoms with van der Waals surface area (Å²) in [5.41, 5.74) is 0. The van der Waals surface area contributed by atoms with E-state index in [1.54, 1.807) is 17.3 Å². The molecule has 3 rings (SSSR count). The molecule has 0 unspecified atom stereocenters. The maximum Gasteiger partial charge on any atom is 0.237 e. The number of amides is 1. The predicted molar refractivity (Wildman–Crippen MR) is 100 cm³/mol. The number of nitrogens with zero attached hydrogens (tertiary/aromatic N) is 5. The van der Waals surface area contributed by atoms with Crippen LogP contribution < -0.4 is 10.2 Å². The van der Waals surface area contributed by atoms with Gasteiger partial charge < -0.3 is 15.1 Å². The quantitative estimate of drug-likeness (QED) is 0.841. The van der Waals surface area contributed by atoms with Crippen LogP contribution in [0.15, 0.2) is 18.5 Å². The van der Waals surface area contributed by atoms with Gasteiger partial charge in [-0.2, -0.15) is 5.26 Å². The summed E-state index contributed by atoms with van der Waals surface area (Å²) in [5.74, 6) is 0.818. The zero-order valence-corrected chi connectivity index (χ0v) is 15.6. The minimum Gasteiger partial charge on any atom is -0.341 e. The average Bonchev–Trinajstić information content (AvgIpc) is 3.10. The Morgan fingerprint density at radius 2 is 1.88 bits per heavy atom. The fourth-order valence-electron chi connectivity index (χ4n) is 3.27. The first-order valence-electron chi connectivity index (χ1n) is 8.22. The molecule has 7 nitrogen and oxygen atoms in total. The third-order valence-corrected chi connectivity index (χ3v) is 4.59. The molecule has 138 valence electrons. The maximum atomic E-state index is 12.2. The smallest absolute Gasteiger partial charge is 0.237 e. The fraction of sp³-hybridized carbons (Fsp3) is 0.625. The number of nitrogens with one attached hydrogen (secondary N) is 1. The number of anilines is 1. The van der Waals surface area contributed by atoms with Crippen LogP contribution in [0.1, 0.15) is 25.7 Å². The number of likely N-dealkylation sites (tertiary alicyclic amines) is 1. The van der Waals surface area contributed by atoms with Crippen molar-refractivity contribution in [3.8, 4) is 6.07 Å². The zero-order valence-electron chi connectivity index (χ0n) is 14.0. The van der Waals surface area contributed by atoms with Crippen molar-refractivity contribution in [3.05, 3.63) is 18.5 Å². The van der Waals surface area contributed by atoms with Crippen LogP contribution in [0.4, 0.5) is 5.95 Å². The van der Waals surface area contributed by atoms with Gasteiger partial charge in [-0.1, -0.05) is 0 Å². The second-order valence-corrected chi connectivity index (χ2v) is 6.07. The van der Waals surface area contributed by atoms with Crippen molar-refractivity contribution in [2.45, 2.75) is 37.8 Å². The van der Waals surface area contributed by atoms with Gasteiger partial charge in [0.05, 0.1) is 12.6 Å². The average molecular weight is 387 g/mol. The topological polar surface area (TPSA) is 85.2 Å². The number of piperidine rings is 1. The van der Waals surface area contributed by atoms with Crippen LogP contribution in [0.5, 0.6) is 0 Å². The number of hydrogen-bond acceptors (Lipinski definition) is 6. The van der Waals surface area contributed by atoms with Gasteiger partial charge in [-0.15, -0.1) is 24.8 Å². The van der Waals surface area contributed by atoms with Crippen molar-refractivity contribution in [3.63, 3.8) is 0 Å². The molecule has 0 aromatic carbocycles. The molecule has 0 aliphatic carbocycles. The van der Waals surface area contributed by atoms with Gasteiger partial charge in [0, 0.05) is 38.1 Å². The van der Waals surface area contributed by atoms with Crippen LogP contribution in [0.3, 0.4) is 0 Å². The number of carbonyl (C=O) groups excluding carboxylic acids is 1. The molecule has 0 radical (unpaired) electrons. The van der Waals surface area contributed by atoms with Gasteiger partial charge in [-0.3, -0.25) is 4.79 Å². The molecule has 1 N–H and O–H groups in total. The molecule has 1 atom stereocenters. The lowest BCUT2D eigenvalue weighted by atomic mass is 10.1.